The van der Waals surface area contributed by atoms with Gasteiger partial charge in [-0.2, -0.15) is 0 Å². The number of hydrogen-bond acceptors (Lipinski definition) is 6. The van der Waals surface area contributed by atoms with Gasteiger partial charge in [0.05, 0.1) is 26.9 Å². The lowest BCUT2D eigenvalue weighted by Gasteiger charge is -2.32. The molecule has 0 N–H and O–H groups in total. The van der Waals surface area contributed by atoms with E-state index in [0.29, 0.717) is 54.5 Å². The maximum atomic E-state index is 13.1. The summed E-state index contributed by atoms with van der Waals surface area (Å²) in [5.74, 6) is 1.70. The minimum absolute atomic E-state index is 0.0483. The topological polar surface area (TPSA) is 79.2 Å². The Labute approximate surface area is 175 Å². The van der Waals surface area contributed by atoms with Crippen molar-refractivity contribution in [3.05, 3.63) is 45.9 Å². The molecule has 0 saturated carbocycles. The molecule has 0 aliphatic carbocycles. The number of aromatic nitrogens is 1. The second-order valence-corrected chi connectivity index (χ2v) is 7.22. The SMILES string of the molecule is COc1ccc(C(=O)N2CCC(Oc3cc(C)n(C)c(=O)c3)CC2)c(OC)c1OC. The van der Waals surface area contributed by atoms with E-state index < -0.39 is 0 Å². The van der Waals surface area contributed by atoms with Gasteiger partial charge < -0.3 is 28.4 Å². The highest BCUT2D eigenvalue weighted by Crippen LogP contribution is 2.40. The predicted molar refractivity (Wildman–Crippen MR) is 112 cm³/mol. The summed E-state index contributed by atoms with van der Waals surface area (Å²) in [5, 5.41) is 0. The molecule has 0 unspecified atom stereocenters. The van der Waals surface area contributed by atoms with E-state index in [1.54, 1.807) is 28.6 Å². The lowest BCUT2D eigenvalue weighted by Crippen LogP contribution is -2.42. The van der Waals surface area contributed by atoms with Crippen molar-refractivity contribution in [3.63, 3.8) is 0 Å². The van der Waals surface area contributed by atoms with Gasteiger partial charge in [-0.25, -0.2) is 0 Å². The lowest BCUT2D eigenvalue weighted by atomic mass is 10.1. The molecule has 0 spiro atoms. The van der Waals surface area contributed by atoms with Gasteiger partial charge in [-0.05, 0) is 25.1 Å². The van der Waals surface area contributed by atoms with Crippen LogP contribution >= 0.6 is 0 Å². The van der Waals surface area contributed by atoms with Gasteiger partial charge in [0.1, 0.15) is 11.9 Å². The molecule has 1 amide bonds. The first-order chi connectivity index (χ1) is 14.4. The third-order valence-electron chi connectivity index (χ3n) is 5.44. The quantitative estimate of drug-likeness (QED) is 0.720. The number of carbonyl (C=O) groups is 1. The van der Waals surface area contributed by atoms with E-state index in [1.165, 1.54) is 27.4 Å². The van der Waals surface area contributed by atoms with Crippen LogP contribution in [0.25, 0.3) is 0 Å². The number of ether oxygens (including phenoxy) is 4. The van der Waals surface area contributed by atoms with Crippen LogP contribution in [-0.4, -0.2) is 55.9 Å². The Morgan fingerprint density at radius 3 is 2.23 bits per heavy atom. The van der Waals surface area contributed by atoms with E-state index >= 15 is 0 Å². The predicted octanol–water partition coefficient (Wildman–Crippen LogP) is 2.40. The number of aryl methyl sites for hydroxylation is 1. The molecule has 3 rings (SSSR count). The van der Waals surface area contributed by atoms with Crippen molar-refractivity contribution in [2.75, 3.05) is 34.4 Å². The number of methoxy groups -OCH3 is 3. The van der Waals surface area contributed by atoms with Crippen LogP contribution in [0.4, 0.5) is 0 Å². The Balaban J connectivity index is 1.69. The number of benzene rings is 1. The third kappa shape index (κ3) is 4.22. The molecule has 1 aliphatic heterocycles. The molecule has 2 aromatic rings. The van der Waals surface area contributed by atoms with Crippen LogP contribution < -0.4 is 24.5 Å². The molecule has 1 fully saturated rings. The number of amides is 1. The second kappa shape index (κ2) is 9.11. The van der Waals surface area contributed by atoms with E-state index in [1.807, 2.05) is 13.0 Å². The van der Waals surface area contributed by atoms with Crippen LogP contribution in [0.5, 0.6) is 23.0 Å². The van der Waals surface area contributed by atoms with Crippen molar-refractivity contribution >= 4 is 5.91 Å². The lowest BCUT2D eigenvalue weighted by molar-refractivity contribution is 0.0591. The molecule has 1 aromatic carbocycles. The summed E-state index contributed by atoms with van der Waals surface area (Å²) in [6.07, 6.45) is 1.30. The smallest absolute Gasteiger partial charge is 0.257 e. The summed E-state index contributed by atoms with van der Waals surface area (Å²) < 4.78 is 23.7. The average molecular weight is 416 g/mol. The van der Waals surface area contributed by atoms with Gasteiger partial charge in [-0.1, -0.05) is 0 Å². The summed E-state index contributed by atoms with van der Waals surface area (Å²) in [4.78, 5) is 26.8. The van der Waals surface area contributed by atoms with Gasteiger partial charge in [0.25, 0.3) is 11.5 Å². The van der Waals surface area contributed by atoms with Gasteiger partial charge in [-0.3, -0.25) is 9.59 Å². The molecule has 162 valence electrons. The molecule has 0 atom stereocenters. The molecular formula is C22H28N2O6. The minimum atomic E-state index is -0.129. The van der Waals surface area contributed by atoms with Crippen molar-refractivity contribution in [3.8, 4) is 23.0 Å². The van der Waals surface area contributed by atoms with Crippen LogP contribution in [0.2, 0.25) is 0 Å². The Bertz CT molecular complexity index is 976. The zero-order valence-corrected chi connectivity index (χ0v) is 18.1. The fourth-order valence-electron chi connectivity index (χ4n) is 3.61. The highest BCUT2D eigenvalue weighted by molar-refractivity contribution is 5.98. The first kappa shape index (κ1) is 21.5. The molecule has 8 nitrogen and oxygen atoms in total. The molecule has 1 aliphatic rings. The largest absolute Gasteiger partial charge is 0.493 e. The molecule has 0 radical (unpaired) electrons. The van der Waals surface area contributed by atoms with Crippen LogP contribution in [0.3, 0.4) is 0 Å². The Morgan fingerprint density at radius 2 is 1.67 bits per heavy atom. The maximum Gasteiger partial charge on any atom is 0.257 e. The highest BCUT2D eigenvalue weighted by Gasteiger charge is 2.28. The second-order valence-electron chi connectivity index (χ2n) is 7.22. The number of rotatable bonds is 6. The number of hydrogen-bond donors (Lipinski definition) is 0. The fourth-order valence-corrected chi connectivity index (χ4v) is 3.61. The van der Waals surface area contributed by atoms with Crippen LogP contribution in [0.1, 0.15) is 28.9 Å². The first-order valence-corrected chi connectivity index (χ1v) is 9.82. The Morgan fingerprint density at radius 1 is 1.00 bits per heavy atom. The number of likely N-dealkylation sites (tertiary alicyclic amines) is 1. The highest BCUT2D eigenvalue weighted by atomic mass is 16.5. The summed E-state index contributed by atoms with van der Waals surface area (Å²) in [5.41, 5.74) is 1.17. The van der Waals surface area contributed by atoms with Gasteiger partial charge >= 0.3 is 0 Å². The zero-order chi connectivity index (χ0) is 21.8. The molecule has 0 bridgehead atoms. The van der Waals surface area contributed by atoms with E-state index in [-0.39, 0.29) is 17.6 Å². The molecule has 8 heteroatoms. The summed E-state index contributed by atoms with van der Waals surface area (Å²) in [7, 11) is 6.28. The summed E-state index contributed by atoms with van der Waals surface area (Å²) in [6.45, 7) is 2.96. The summed E-state index contributed by atoms with van der Waals surface area (Å²) in [6, 6.07) is 6.74. The minimum Gasteiger partial charge on any atom is -0.493 e. The van der Waals surface area contributed by atoms with Gasteiger partial charge in [-0.15, -0.1) is 0 Å². The average Bonchev–Trinajstić information content (AvgIpc) is 2.76. The van der Waals surface area contributed by atoms with Gasteiger partial charge in [0.15, 0.2) is 11.5 Å². The van der Waals surface area contributed by atoms with Gasteiger partial charge in [0.2, 0.25) is 5.75 Å². The molecule has 2 heterocycles. The van der Waals surface area contributed by atoms with E-state index in [9.17, 15) is 9.59 Å². The third-order valence-corrected chi connectivity index (χ3v) is 5.44. The molecule has 1 saturated heterocycles. The zero-order valence-electron chi connectivity index (χ0n) is 18.1. The fraction of sp³-hybridized carbons (Fsp3) is 0.455. The van der Waals surface area contributed by atoms with E-state index in [0.717, 1.165) is 5.69 Å². The monoisotopic (exact) mass is 416 g/mol. The normalized spacial score (nSPS) is 14.4. The van der Waals surface area contributed by atoms with E-state index in [2.05, 4.69) is 0 Å². The number of pyridine rings is 1. The van der Waals surface area contributed by atoms with Crippen LogP contribution in [0, 0.1) is 6.92 Å². The molecule has 30 heavy (non-hydrogen) atoms. The van der Waals surface area contributed by atoms with E-state index in [4.69, 9.17) is 18.9 Å². The van der Waals surface area contributed by atoms with Crippen molar-refractivity contribution in [1.82, 2.24) is 9.47 Å². The molecular weight excluding hydrogens is 388 g/mol. The number of carbonyl (C=O) groups excluding carboxylic acids is 1. The Kier molecular flexibility index (Phi) is 6.54. The Hall–Kier alpha value is -3.16. The standard InChI is InChI=1S/C22H28N2O6/c1-14-12-16(13-19(25)23(14)2)30-15-8-10-24(11-9-15)22(26)17-6-7-18(27-3)21(29-5)20(17)28-4/h6-7,12-13,15H,8-11H2,1-5H3. The van der Waals surface area contributed by atoms with Crippen molar-refractivity contribution < 1.29 is 23.7 Å². The number of piperidine rings is 1. The summed E-state index contributed by atoms with van der Waals surface area (Å²) >= 11 is 0. The maximum absolute atomic E-state index is 13.1. The van der Waals surface area contributed by atoms with Gasteiger partial charge in [0, 0.05) is 44.7 Å². The number of nitrogens with zero attached hydrogens (tertiary/aromatic N) is 2. The molecule has 1 aromatic heterocycles. The van der Waals surface area contributed by atoms with Crippen molar-refractivity contribution in [1.29, 1.82) is 0 Å². The van der Waals surface area contributed by atoms with Crippen molar-refractivity contribution in [2.45, 2.75) is 25.9 Å². The van der Waals surface area contributed by atoms with Crippen LogP contribution in [0.15, 0.2) is 29.1 Å². The van der Waals surface area contributed by atoms with Crippen LogP contribution in [-0.2, 0) is 7.05 Å². The van der Waals surface area contributed by atoms with Crippen molar-refractivity contribution in [2.24, 2.45) is 7.05 Å². The first-order valence-electron chi connectivity index (χ1n) is 9.82.